The number of furan rings is 1. The molecule has 38 heavy (non-hydrogen) atoms. The third-order valence-corrected chi connectivity index (χ3v) is 6.82. The summed E-state index contributed by atoms with van der Waals surface area (Å²) in [6.07, 6.45) is 0. The summed E-state index contributed by atoms with van der Waals surface area (Å²) in [4.78, 5) is 14.8. The van der Waals surface area contributed by atoms with Crippen LogP contribution in [0.1, 0.15) is 0 Å². The first-order valence-corrected chi connectivity index (χ1v) is 12.7. The molecule has 0 bridgehead atoms. The number of rotatable bonds is 4. The average molecular weight is 510 g/mol. The molecule has 0 aliphatic carbocycles. The van der Waals surface area contributed by atoms with E-state index in [9.17, 15) is 0 Å². The smallest absolute Gasteiger partial charge is 0.164 e. The van der Waals surface area contributed by atoms with Crippen LogP contribution in [0.15, 0.2) is 126 Å². The molecule has 4 nitrogen and oxygen atoms in total. The van der Waals surface area contributed by atoms with E-state index in [2.05, 4.69) is 30.3 Å². The van der Waals surface area contributed by atoms with E-state index in [-0.39, 0.29) is 0 Å². The Morgan fingerprint density at radius 2 is 1.08 bits per heavy atom. The first kappa shape index (κ1) is 22.4. The molecule has 0 aliphatic rings. The van der Waals surface area contributed by atoms with Gasteiger partial charge in [0.15, 0.2) is 17.5 Å². The van der Waals surface area contributed by atoms with Crippen LogP contribution in [0.3, 0.4) is 0 Å². The first-order chi connectivity index (χ1) is 18.7. The zero-order valence-electron chi connectivity index (χ0n) is 20.2. The van der Waals surface area contributed by atoms with E-state index in [0.717, 1.165) is 49.8 Å². The van der Waals surface area contributed by atoms with Crippen molar-refractivity contribution in [2.24, 2.45) is 0 Å². The summed E-state index contributed by atoms with van der Waals surface area (Å²) in [5, 5.41) is 2.63. The van der Waals surface area contributed by atoms with Gasteiger partial charge in [-0.25, -0.2) is 15.0 Å². The fourth-order valence-electron chi connectivity index (χ4n) is 4.81. The molecule has 7 aromatic rings. The Hall–Kier alpha value is -4.80. The number of nitrogens with zero attached hydrogens (tertiary/aromatic N) is 3. The van der Waals surface area contributed by atoms with Gasteiger partial charge in [0.05, 0.1) is 0 Å². The van der Waals surface area contributed by atoms with Crippen molar-refractivity contribution in [3.63, 3.8) is 0 Å². The van der Waals surface area contributed by atoms with E-state index >= 15 is 0 Å². The maximum atomic E-state index is 6.34. The molecular weight excluding hydrogens is 490 g/mol. The van der Waals surface area contributed by atoms with Crippen LogP contribution in [-0.4, -0.2) is 15.0 Å². The second kappa shape index (κ2) is 9.25. The first-order valence-electron chi connectivity index (χ1n) is 12.3. The average Bonchev–Trinajstić information content (AvgIpc) is 3.36. The van der Waals surface area contributed by atoms with Gasteiger partial charge in [-0.3, -0.25) is 0 Å². The monoisotopic (exact) mass is 509 g/mol. The molecule has 7 rings (SSSR count). The third kappa shape index (κ3) is 4.01. The number of halogens is 1. The zero-order valence-corrected chi connectivity index (χ0v) is 20.9. The largest absolute Gasteiger partial charge is 0.456 e. The molecule has 0 amide bonds. The highest BCUT2D eigenvalue weighted by atomic mass is 35.5. The van der Waals surface area contributed by atoms with Crippen molar-refractivity contribution in [3.8, 4) is 45.3 Å². The molecule has 0 spiro atoms. The van der Waals surface area contributed by atoms with Gasteiger partial charge in [-0.05, 0) is 41.5 Å². The summed E-state index contributed by atoms with van der Waals surface area (Å²) in [6.45, 7) is 0. The molecule has 2 aromatic heterocycles. The second-order valence-corrected chi connectivity index (χ2v) is 9.48. The third-order valence-electron chi connectivity index (χ3n) is 6.59. The number of hydrogen-bond donors (Lipinski definition) is 0. The standard InChI is InChI=1S/C33H20ClN3O/c34-25-14-7-13-24(20-25)32-35-31(23-12-6-11-22(19-23)21-9-2-1-3-10-21)36-33(37-32)27-16-8-18-29-30(27)26-15-4-5-17-28(26)38-29/h1-20H. The van der Waals surface area contributed by atoms with E-state index < -0.39 is 0 Å². The summed E-state index contributed by atoms with van der Waals surface area (Å²) in [7, 11) is 0. The lowest BCUT2D eigenvalue weighted by molar-refractivity contribution is 0.669. The number of aromatic nitrogens is 3. The molecule has 0 fully saturated rings. The molecule has 0 radical (unpaired) electrons. The van der Waals surface area contributed by atoms with Crippen molar-refractivity contribution in [1.82, 2.24) is 15.0 Å². The summed E-state index contributed by atoms with van der Waals surface area (Å²) < 4.78 is 6.14. The maximum Gasteiger partial charge on any atom is 0.164 e. The molecule has 5 aromatic carbocycles. The maximum absolute atomic E-state index is 6.34. The summed E-state index contributed by atoms with van der Waals surface area (Å²) in [5.41, 5.74) is 6.47. The Labute approximate surface area is 224 Å². The molecule has 2 heterocycles. The molecule has 0 aliphatic heterocycles. The number of benzene rings is 5. The van der Waals surface area contributed by atoms with Gasteiger partial charge < -0.3 is 4.42 Å². The van der Waals surface area contributed by atoms with Crippen molar-refractivity contribution in [3.05, 3.63) is 126 Å². The predicted octanol–water partition coefficient (Wildman–Crippen LogP) is 9.09. The molecule has 0 atom stereocenters. The Bertz CT molecular complexity index is 1950. The normalized spacial score (nSPS) is 11.3. The highest BCUT2D eigenvalue weighted by Gasteiger charge is 2.18. The molecular formula is C33H20ClN3O. The number of fused-ring (bicyclic) bond motifs is 3. The second-order valence-electron chi connectivity index (χ2n) is 9.04. The van der Waals surface area contributed by atoms with Crippen LogP contribution in [-0.2, 0) is 0 Å². The summed E-state index contributed by atoms with van der Waals surface area (Å²) >= 11 is 6.34. The van der Waals surface area contributed by atoms with Crippen LogP contribution in [0.25, 0.3) is 67.2 Å². The van der Waals surface area contributed by atoms with Gasteiger partial charge >= 0.3 is 0 Å². The predicted molar refractivity (Wildman–Crippen MR) is 154 cm³/mol. The van der Waals surface area contributed by atoms with Crippen molar-refractivity contribution in [2.75, 3.05) is 0 Å². The van der Waals surface area contributed by atoms with E-state index in [1.807, 2.05) is 91.0 Å². The summed E-state index contributed by atoms with van der Waals surface area (Å²) in [6, 6.07) is 40.1. The topological polar surface area (TPSA) is 51.8 Å². The van der Waals surface area contributed by atoms with Gasteiger partial charge in [0.2, 0.25) is 0 Å². The van der Waals surface area contributed by atoms with E-state index in [4.69, 9.17) is 31.0 Å². The minimum Gasteiger partial charge on any atom is -0.456 e. The van der Waals surface area contributed by atoms with Crippen LogP contribution >= 0.6 is 11.6 Å². The SMILES string of the molecule is Clc1cccc(-c2nc(-c3cccc(-c4ccccc4)c3)nc(-c3cccc4oc5ccccc5c34)n2)c1. The molecule has 5 heteroatoms. The van der Waals surface area contributed by atoms with Crippen molar-refractivity contribution >= 4 is 33.5 Å². The molecule has 0 saturated heterocycles. The Morgan fingerprint density at radius 3 is 1.89 bits per heavy atom. The molecule has 180 valence electrons. The van der Waals surface area contributed by atoms with E-state index in [1.165, 1.54) is 0 Å². The Morgan fingerprint density at radius 1 is 0.474 bits per heavy atom. The Kier molecular flexibility index (Phi) is 5.46. The highest BCUT2D eigenvalue weighted by molar-refractivity contribution is 6.30. The van der Waals surface area contributed by atoms with Crippen LogP contribution < -0.4 is 0 Å². The van der Waals surface area contributed by atoms with Gasteiger partial charge in [0.25, 0.3) is 0 Å². The van der Waals surface area contributed by atoms with Crippen molar-refractivity contribution < 1.29 is 4.42 Å². The number of para-hydroxylation sites is 1. The van der Waals surface area contributed by atoms with Gasteiger partial charge in [0, 0.05) is 32.5 Å². The van der Waals surface area contributed by atoms with Crippen LogP contribution in [0.5, 0.6) is 0 Å². The van der Waals surface area contributed by atoms with Crippen LogP contribution in [0.2, 0.25) is 5.02 Å². The number of hydrogen-bond acceptors (Lipinski definition) is 4. The van der Waals surface area contributed by atoms with Crippen LogP contribution in [0.4, 0.5) is 0 Å². The van der Waals surface area contributed by atoms with Crippen molar-refractivity contribution in [1.29, 1.82) is 0 Å². The molecule has 0 saturated carbocycles. The van der Waals surface area contributed by atoms with Gasteiger partial charge in [-0.2, -0.15) is 0 Å². The quantitative estimate of drug-likeness (QED) is 0.237. The lowest BCUT2D eigenvalue weighted by Crippen LogP contribution is -2.00. The van der Waals surface area contributed by atoms with Crippen LogP contribution in [0, 0.1) is 0 Å². The van der Waals surface area contributed by atoms with E-state index in [1.54, 1.807) is 0 Å². The van der Waals surface area contributed by atoms with E-state index in [0.29, 0.717) is 22.5 Å². The Balaban J connectivity index is 1.47. The zero-order chi connectivity index (χ0) is 25.5. The van der Waals surface area contributed by atoms with Gasteiger partial charge in [-0.1, -0.05) is 103 Å². The fourth-order valence-corrected chi connectivity index (χ4v) is 5.00. The van der Waals surface area contributed by atoms with Crippen molar-refractivity contribution in [2.45, 2.75) is 0 Å². The summed E-state index contributed by atoms with van der Waals surface area (Å²) in [5.74, 6) is 1.72. The van der Waals surface area contributed by atoms with Gasteiger partial charge in [0.1, 0.15) is 11.2 Å². The lowest BCUT2D eigenvalue weighted by atomic mass is 10.0. The lowest BCUT2D eigenvalue weighted by Gasteiger charge is -2.10. The molecule has 0 unspecified atom stereocenters. The minimum absolute atomic E-state index is 0.558. The van der Waals surface area contributed by atoms with Gasteiger partial charge in [-0.15, -0.1) is 0 Å². The highest BCUT2D eigenvalue weighted by Crippen LogP contribution is 2.36. The fraction of sp³-hybridized carbons (Fsp3) is 0. The molecule has 0 N–H and O–H groups in total. The minimum atomic E-state index is 0.558.